The van der Waals surface area contributed by atoms with Crippen LogP contribution in [-0.4, -0.2) is 16.1 Å². The Morgan fingerprint density at radius 3 is 2.74 bits per heavy atom. The molecule has 1 aromatic heterocycles. The summed E-state index contributed by atoms with van der Waals surface area (Å²) in [7, 11) is 0. The maximum absolute atomic E-state index is 10.6. The average molecular weight is 276 g/mol. The summed E-state index contributed by atoms with van der Waals surface area (Å²) in [6.07, 6.45) is 2.19. The molecule has 0 radical (unpaired) electrons. The van der Waals surface area contributed by atoms with Crippen molar-refractivity contribution < 1.29 is 9.90 Å². The van der Waals surface area contributed by atoms with Gasteiger partial charge in [0.25, 0.3) is 0 Å². The van der Waals surface area contributed by atoms with Crippen molar-refractivity contribution in [3.63, 3.8) is 0 Å². The average Bonchev–Trinajstić information content (AvgIpc) is 2.78. The number of aromatic nitrogens is 1. The molecule has 0 saturated heterocycles. The summed E-state index contributed by atoms with van der Waals surface area (Å²) in [5.41, 5.74) is 2.87. The van der Waals surface area contributed by atoms with Crippen LogP contribution in [0.3, 0.4) is 0 Å². The van der Waals surface area contributed by atoms with Crippen LogP contribution in [0, 0.1) is 0 Å². The van der Waals surface area contributed by atoms with Crippen LogP contribution in [-0.2, 0) is 17.6 Å². The molecule has 0 aliphatic rings. The third-order valence-corrected chi connectivity index (χ3v) is 3.43. The van der Waals surface area contributed by atoms with Crippen molar-refractivity contribution in [2.45, 2.75) is 26.2 Å². The normalized spacial score (nSPS) is 10.4. The molecule has 5 heteroatoms. The van der Waals surface area contributed by atoms with Gasteiger partial charge in [0, 0.05) is 11.1 Å². The van der Waals surface area contributed by atoms with Gasteiger partial charge in [0.05, 0.1) is 12.1 Å². The highest BCUT2D eigenvalue weighted by Crippen LogP contribution is 2.21. The van der Waals surface area contributed by atoms with Gasteiger partial charge in [-0.3, -0.25) is 4.79 Å². The number of carboxylic acids is 1. The third kappa shape index (κ3) is 4.06. The van der Waals surface area contributed by atoms with Crippen molar-refractivity contribution in [2.24, 2.45) is 0 Å². The lowest BCUT2D eigenvalue weighted by atomic mass is 10.1. The molecule has 0 bridgehead atoms. The number of benzene rings is 1. The van der Waals surface area contributed by atoms with Crippen LogP contribution in [0.25, 0.3) is 0 Å². The Morgan fingerprint density at radius 2 is 2.11 bits per heavy atom. The fraction of sp³-hybridized carbons (Fsp3) is 0.286. The van der Waals surface area contributed by atoms with E-state index in [0.29, 0.717) is 5.69 Å². The highest BCUT2D eigenvalue weighted by atomic mass is 32.1. The molecule has 0 atom stereocenters. The van der Waals surface area contributed by atoms with Gasteiger partial charge in [-0.25, -0.2) is 4.98 Å². The summed E-state index contributed by atoms with van der Waals surface area (Å²) in [5, 5.41) is 14.4. The maximum Gasteiger partial charge on any atom is 0.309 e. The minimum absolute atomic E-state index is 0.0341. The Labute approximate surface area is 116 Å². The van der Waals surface area contributed by atoms with Crippen LogP contribution >= 0.6 is 11.3 Å². The molecular formula is C14H16N2O2S. The zero-order valence-corrected chi connectivity index (χ0v) is 11.5. The smallest absolute Gasteiger partial charge is 0.309 e. The summed E-state index contributed by atoms with van der Waals surface area (Å²) < 4.78 is 0. The first-order valence-corrected chi connectivity index (χ1v) is 7.07. The second kappa shape index (κ2) is 6.33. The molecule has 100 valence electrons. The van der Waals surface area contributed by atoms with E-state index < -0.39 is 5.97 Å². The van der Waals surface area contributed by atoms with E-state index >= 15 is 0 Å². The number of rotatable bonds is 6. The van der Waals surface area contributed by atoms with E-state index in [2.05, 4.69) is 29.4 Å². The van der Waals surface area contributed by atoms with Gasteiger partial charge in [-0.2, -0.15) is 0 Å². The quantitative estimate of drug-likeness (QED) is 0.848. The fourth-order valence-electron chi connectivity index (χ4n) is 1.77. The van der Waals surface area contributed by atoms with Gasteiger partial charge < -0.3 is 10.4 Å². The number of carboxylic acid groups (broad SMARTS) is 1. The van der Waals surface area contributed by atoms with Gasteiger partial charge in [-0.05, 0) is 24.1 Å². The monoisotopic (exact) mass is 276 g/mol. The zero-order chi connectivity index (χ0) is 13.7. The van der Waals surface area contributed by atoms with E-state index in [0.717, 1.165) is 23.7 Å². The summed E-state index contributed by atoms with van der Waals surface area (Å²) in [4.78, 5) is 14.8. The van der Waals surface area contributed by atoms with Crippen molar-refractivity contribution in [3.05, 3.63) is 40.9 Å². The maximum atomic E-state index is 10.6. The Kier molecular flexibility index (Phi) is 4.52. The number of hydrogen-bond donors (Lipinski definition) is 2. The van der Waals surface area contributed by atoms with E-state index in [1.165, 1.54) is 16.9 Å². The van der Waals surface area contributed by atoms with Crippen LogP contribution in [0.1, 0.15) is 24.6 Å². The molecule has 4 nitrogen and oxygen atoms in total. The minimum Gasteiger partial charge on any atom is -0.481 e. The van der Waals surface area contributed by atoms with E-state index in [1.807, 2.05) is 12.1 Å². The molecular weight excluding hydrogens is 260 g/mol. The topological polar surface area (TPSA) is 62.2 Å². The molecule has 1 aromatic carbocycles. The number of aliphatic carboxylic acids is 1. The van der Waals surface area contributed by atoms with Gasteiger partial charge in [-0.15, -0.1) is 11.3 Å². The second-order valence-corrected chi connectivity index (χ2v) is 5.14. The molecule has 2 rings (SSSR count). The number of nitrogens with one attached hydrogen (secondary N) is 1. The van der Waals surface area contributed by atoms with E-state index in [9.17, 15) is 4.79 Å². The lowest BCUT2D eigenvalue weighted by Gasteiger charge is -2.04. The summed E-state index contributed by atoms with van der Waals surface area (Å²) >= 11 is 1.42. The second-order valence-electron chi connectivity index (χ2n) is 4.29. The molecule has 2 N–H and O–H groups in total. The van der Waals surface area contributed by atoms with Crippen LogP contribution in [0.2, 0.25) is 0 Å². The highest BCUT2D eigenvalue weighted by Gasteiger charge is 2.06. The Hall–Kier alpha value is -1.88. The molecule has 0 aliphatic carbocycles. The largest absolute Gasteiger partial charge is 0.481 e. The van der Waals surface area contributed by atoms with Crippen molar-refractivity contribution in [1.29, 1.82) is 0 Å². The molecule has 19 heavy (non-hydrogen) atoms. The first-order chi connectivity index (χ1) is 9.17. The van der Waals surface area contributed by atoms with Crippen molar-refractivity contribution in [1.82, 2.24) is 4.98 Å². The molecule has 0 fully saturated rings. The predicted molar refractivity (Wildman–Crippen MR) is 77.2 cm³/mol. The number of anilines is 2. The van der Waals surface area contributed by atoms with Gasteiger partial charge >= 0.3 is 5.97 Å². The van der Waals surface area contributed by atoms with Crippen LogP contribution in [0.5, 0.6) is 0 Å². The minimum atomic E-state index is -0.860. The summed E-state index contributed by atoms with van der Waals surface area (Å²) in [6.45, 7) is 2.16. The molecule has 1 heterocycles. The van der Waals surface area contributed by atoms with E-state index in [4.69, 9.17) is 5.11 Å². The lowest BCUT2D eigenvalue weighted by molar-refractivity contribution is -0.136. The highest BCUT2D eigenvalue weighted by molar-refractivity contribution is 7.13. The van der Waals surface area contributed by atoms with Crippen molar-refractivity contribution >= 4 is 28.1 Å². The number of thiazole rings is 1. The molecule has 0 aliphatic heterocycles. The predicted octanol–water partition coefficient (Wildman–Crippen LogP) is 3.47. The van der Waals surface area contributed by atoms with E-state index in [-0.39, 0.29) is 6.42 Å². The van der Waals surface area contributed by atoms with Gasteiger partial charge in [0.1, 0.15) is 0 Å². The molecule has 0 amide bonds. The molecule has 0 unspecified atom stereocenters. The summed E-state index contributed by atoms with van der Waals surface area (Å²) in [6, 6.07) is 8.22. The molecule has 0 saturated carbocycles. The molecule has 2 aromatic rings. The Bertz CT molecular complexity index is 549. The molecule has 0 spiro atoms. The van der Waals surface area contributed by atoms with Gasteiger partial charge in [0.2, 0.25) is 0 Å². The van der Waals surface area contributed by atoms with Gasteiger partial charge in [-0.1, -0.05) is 25.5 Å². The van der Waals surface area contributed by atoms with E-state index in [1.54, 1.807) is 5.38 Å². The standard InChI is InChI=1S/C14H16N2O2S/c1-2-3-10-4-6-11(7-5-10)15-14-16-12(9-19-14)8-13(17)18/h4-7,9H,2-3,8H2,1H3,(H,15,16)(H,17,18). The Morgan fingerprint density at radius 1 is 1.37 bits per heavy atom. The Balaban J connectivity index is 2.00. The van der Waals surface area contributed by atoms with Crippen LogP contribution in [0.4, 0.5) is 10.8 Å². The first kappa shape index (κ1) is 13.5. The fourth-order valence-corrected chi connectivity index (χ4v) is 2.50. The van der Waals surface area contributed by atoms with Crippen LogP contribution < -0.4 is 5.32 Å². The lowest BCUT2D eigenvalue weighted by Crippen LogP contribution is -2.00. The third-order valence-electron chi connectivity index (χ3n) is 2.63. The summed E-state index contributed by atoms with van der Waals surface area (Å²) in [5.74, 6) is -0.860. The number of hydrogen-bond acceptors (Lipinski definition) is 4. The number of aryl methyl sites for hydroxylation is 1. The van der Waals surface area contributed by atoms with Crippen molar-refractivity contribution in [3.8, 4) is 0 Å². The van der Waals surface area contributed by atoms with Crippen molar-refractivity contribution in [2.75, 3.05) is 5.32 Å². The SMILES string of the molecule is CCCc1ccc(Nc2nc(CC(=O)O)cs2)cc1. The zero-order valence-electron chi connectivity index (χ0n) is 10.7. The van der Waals surface area contributed by atoms with Crippen LogP contribution in [0.15, 0.2) is 29.6 Å². The van der Waals surface area contributed by atoms with Gasteiger partial charge in [0.15, 0.2) is 5.13 Å². The number of nitrogens with zero attached hydrogens (tertiary/aromatic N) is 1. The first-order valence-electron chi connectivity index (χ1n) is 6.19. The number of carbonyl (C=O) groups is 1.